The Hall–Kier alpha value is -0.540. The lowest BCUT2D eigenvalue weighted by Crippen LogP contribution is -2.32. The Labute approximate surface area is 99.6 Å². The van der Waals surface area contributed by atoms with Crippen LogP contribution >= 0.6 is 15.9 Å². The van der Waals surface area contributed by atoms with E-state index >= 15 is 0 Å². The summed E-state index contributed by atoms with van der Waals surface area (Å²) in [5.74, 6) is 0. The number of nitrogens with one attached hydrogen (secondary N) is 2. The van der Waals surface area contributed by atoms with Crippen molar-refractivity contribution >= 4 is 21.6 Å². The van der Waals surface area contributed by atoms with Gasteiger partial charge in [-0.2, -0.15) is 0 Å². The van der Waals surface area contributed by atoms with Gasteiger partial charge in [0.25, 0.3) is 0 Å². The lowest BCUT2D eigenvalue weighted by Gasteiger charge is -2.29. The van der Waals surface area contributed by atoms with E-state index < -0.39 is 0 Å². The van der Waals surface area contributed by atoms with E-state index in [9.17, 15) is 0 Å². The van der Waals surface area contributed by atoms with E-state index in [0.717, 1.165) is 17.4 Å². The van der Waals surface area contributed by atoms with Gasteiger partial charge in [0.2, 0.25) is 0 Å². The van der Waals surface area contributed by atoms with Crippen LogP contribution in [0, 0.1) is 0 Å². The van der Waals surface area contributed by atoms with Gasteiger partial charge >= 0.3 is 0 Å². The molecule has 1 unspecified atom stereocenters. The Morgan fingerprint density at radius 1 is 1.47 bits per heavy atom. The van der Waals surface area contributed by atoms with E-state index in [4.69, 9.17) is 0 Å². The predicted molar refractivity (Wildman–Crippen MR) is 68.3 cm³/mol. The molecule has 3 heteroatoms. The zero-order chi connectivity index (χ0) is 10.8. The molecular formula is C12H17BrN2. The number of halogens is 1. The first kappa shape index (κ1) is 11.0. The van der Waals surface area contributed by atoms with Crippen molar-refractivity contribution in [3.8, 4) is 0 Å². The highest BCUT2D eigenvalue weighted by atomic mass is 79.9. The Morgan fingerprint density at radius 3 is 3.00 bits per heavy atom. The minimum Gasteiger partial charge on any atom is -0.385 e. The second kappa shape index (κ2) is 4.54. The number of hydrogen-bond donors (Lipinski definition) is 2. The molecular weight excluding hydrogens is 252 g/mol. The predicted octanol–water partition coefficient (Wildman–Crippen LogP) is 3.30. The first-order valence-corrected chi connectivity index (χ1v) is 6.25. The monoisotopic (exact) mass is 268 g/mol. The van der Waals surface area contributed by atoms with Crippen molar-refractivity contribution in [1.82, 2.24) is 5.32 Å². The van der Waals surface area contributed by atoms with Gasteiger partial charge in [-0.25, -0.2) is 0 Å². The summed E-state index contributed by atoms with van der Waals surface area (Å²) < 4.78 is 1.15. The highest BCUT2D eigenvalue weighted by Crippen LogP contribution is 2.32. The van der Waals surface area contributed by atoms with E-state index in [-0.39, 0.29) is 0 Å². The van der Waals surface area contributed by atoms with E-state index in [1.807, 2.05) is 0 Å². The van der Waals surface area contributed by atoms with Gasteiger partial charge in [-0.15, -0.1) is 0 Å². The van der Waals surface area contributed by atoms with E-state index in [2.05, 4.69) is 58.6 Å². The lowest BCUT2D eigenvalue weighted by atomic mass is 9.97. The summed E-state index contributed by atoms with van der Waals surface area (Å²) in [4.78, 5) is 0. The Kier molecular flexibility index (Phi) is 3.32. The van der Waals surface area contributed by atoms with Crippen LogP contribution in [-0.2, 0) is 0 Å². The van der Waals surface area contributed by atoms with Gasteiger partial charge in [0.05, 0.1) is 0 Å². The molecule has 1 atom stereocenters. The molecule has 1 heterocycles. The standard InChI is InChI=1S/C12H17BrN2/c1-8(2)15-12-5-6-14-11-4-3-9(13)7-10(11)12/h3-4,7-8,12,14-15H,5-6H2,1-2H3. The maximum Gasteiger partial charge on any atom is 0.0389 e. The number of benzene rings is 1. The molecule has 0 saturated carbocycles. The average molecular weight is 269 g/mol. The number of rotatable bonds is 2. The molecule has 82 valence electrons. The van der Waals surface area contributed by atoms with Crippen LogP contribution in [0.15, 0.2) is 22.7 Å². The van der Waals surface area contributed by atoms with Crippen LogP contribution in [0.4, 0.5) is 5.69 Å². The lowest BCUT2D eigenvalue weighted by molar-refractivity contribution is 0.453. The second-order valence-electron chi connectivity index (χ2n) is 4.32. The number of anilines is 1. The van der Waals surface area contributed by atoms with Crippen LogP contribution in [0.5, 0.6) is 0 Å². The largest absolute Gasteiger partial charge is 0.385 e. The van der Waals surface area contributed by atoms with Crippen molar-refractivity contribution in [2.45, 2.75) is 32.4 Å². The van der Waals surface area contributed by atoms with Crippen molar-refractivity contribution in [3.63, 3.8) is 0 Å². The van der Waals surface area contributed by atoms with E-state index in [1.54, 1.807) is 0 Å². The van der Waals surface area contributed by atoms with Crippen LogP contribution in [0.3, 0.4) is 0 Å². The third kappa shape index (κ3) is 2.52. The minimum atomic E-state index is 0.485. The molecule has 1 aromatic rings. The van der Waals surface area contributed by atoms with Crippen LogP contribution in [-0.4, -0.2) is 12.6 Å². The van der Waals surface area contributed by atoms with Crippen molar-refractivity contribution in [3.05, 3.63) is 28.2 Å². The summed E-state index contributed by atoms with van der Waals surface area (Å²) in [7, 11) is 0. The third-order valence-corrected chi connectivity index (χ3v) is 3.17. The maximum absolute atomic E-state index is 3.60. The molecule has 0 saturated heterocycles. The Bertz CT molecular complexity index is 349. The molecule has 0 fully saturated rings. The molecule has 15 heavy (non-hydrogen) atoms. The fourth-order valence-corrected chi connectivity index (χ4v) is 2.44. The highest BCUT2D eigenvalue weighted by Gasteiger charge is 2.20. The summed E-state index contributed by atoms with van der Waals surface area (Å²) in [6.07, 6.45) is 1.15. The minimum absolute atomic E-state index is 0.485. The number of fused-ring (bicyclic) bond motifs is 1. The Morgan fingerprint density at radius 2 is 2.27 bits per heavy atom. The molecule has 2 nitrogen and oxygen atoms in total. The summed E-state index contributed by atoms with van der Waals surface area (Å²) in [5.41, 5.74) is 2.65. The third-order valence-electron chi connectivity index (χ3n) is 2.67. The topological polar surface area (TPSA) is 24.1 Å². The highest BCUT2D eigenvalue weighted by molar-refractivity contribution is 9.10. The zero-order valence-electron chi connectivity index (χ0n) is 9.18. The molecule has 2 rings (SSSR count). The normalized spacial score (nSPS) is 19.9. The van der Waals surface area contributed by atoms with Gasteiger partial charge < -0.3 is 10.6 Å². The van der Waals surface area contributed by atoms with Gasteiger partial charge in [0.15, 0.2) is 0 Å². The number of hydrogen-bond acceptors (Lipinski definition) is 2. The van der Waals surface area contributed by atoms with Crippen molar-refractivity contribution in [2.75, 3.05) is 11.9 Å². The van der Waals surface area contributed by atoms with Gasteiger partial charge in [0, 0.05) is 28.8 Å². The van der Waals surface area contributed by atoms with Crippen molar-refractivity contribution in [2.24, 2.45) is 0 Å². The summed E-state index contributed by atoms with van der Waals surface area (Å²) in [6.45, 7) is 5.44. The molecule has 0 aliphatic carbocycles. The van der Waals surface area contributed by atoms with Gasteiger partial charge in [-0.3, -0.25) is 0 Å². The zero-order valence-corrected chi connectivity index (χ0v) is 10.8. The molecule has 0 radical (unpaired) electrons. The SMILES string of the molecule is CC(C)NC1CCNc2ccc(Br)cc21. The second-order valence-corrected chi connectivity index (χ2v) is 5.24. The summed E-state index contributed by atoms with van der Waals surface area (Å²) >= 11 is 3.53. The van der Waals surface area contributed by atoms with Crippen LogP contribution in [0.1, 0.15) is 31.9 Å². The molecule has 1 aromatic carbocycles. The smallest absolute Gasteiger partial charge is 0.0389 e. The van der Waals surface area contributed by atoms with E-state index in [1.165, 1.54) is 11.3 Å². The summed E-state index contributed by atoms with van der Waals surface area (Å²) in [5, 5.41) is 7.04. The molecule has 0 aromatic heterocycles. The quantitative estimate of drug-likeness (QED) is 0.860. The van der Waals surface area contributed by atoms with Crippen molar-refractivity contribution < 1.29 is 0 Å². The molecule has 0 spiro atoms. The molecule has 1 aliphatic rings. The molecule has 2 N–H and O–H groups in total. The van der Waals surface area contributed by atoms with Gasteiger partial charge in [-0.05, 0) is 30.2 Å². The van der Waals surface area contributed by atoms with Crippen LogP contribution in [0.25, 0.3) is 0 Å². The molecule has 0 bridgehead atoms. The van der Waals surface area contributed by atoms with Gasteiger partial charge in [-0.1, -0.05) is 29.8 Å². The average Bonchev–Trinajstić information content (AvgIpc) is 2.18. The van der Waals surface area contributed by atoms with Crippen LogP contribution < -0.4 is 10.6 Å². The summed E-state index contributed by atoms with van der Waals surface area (Å²) in [6, 6.07) is 7.46. The van der Waals surface area contributed by atoms with Crippen molar-refractivity contribution in [1.29, 1.82) is 0 Å². The maximum atomic E-state index is 3.60. The van der Waals surface area contributed by atoms with E-state index in [0.29, 0.717) is 12.1 Å². The molecule has 1 aliphatic heterocycles. The fourth-order valence-electron chi connectivity index (χ4n) is 2.07. The Balaban J connectivity index is 2.28. The first-order chi connectivity index (χ1) is 7.16. The fraction of sp³-hybridized carbons (Fsp3) is 0.500. The molecule has 0 amide bonds. The van der Waals surface area contributed by atoms with Gasteiger partial charge in [0.1, 0.15) is 0 Å². The first-order valence-electron chi connectivity index (χ1n) is 5.46. The van der Waals surface area contributed by atoms with Crippen LogP contribution in [0.2, 0.25) is 0 Å².